The zero-order valence-electron chi connectivity index (χ0n) is 18.1. The third-order valence-electron chi connectivity index (χ3n) is 5.98. The van der Waals surface area contributed by atoms with Crippen molar-refractivity contribution in [2.24, 2.45) is 17.8 Å². The number of alkyl halides is 3. The van der Waals surface area contributed by atoms with Crippen LogP contribution >= 0.6 is 0 Å². The van der Waals surface area contributed by atoms with E-state index in [1.54, 1.807) is 0 Å². The molecule has 1 aromatic carbocycles. The molecule has 1 saturated heterocycles. The van der Waals surface area contributed by atoms with E-state index in [1.807, 2.05) is 20.8 Å². The van der Waals surface area contributed by atoms with Crippen LogP contribution in [0.5, 0.6) is 0 Å². The topological polar surface area (TPSA) is 55.3 Å². The van der Waals surface area contributed by atoms with Crippen molar-refractivity contribution in [3.05, 3.63) is 30.1 Å². The smallest absolute Gasteiger partial charge is 0.418 e. The van der Waals surface area contributed by atoms with Crippen LogP contribution in [0.25, 0.3) is 11.0 Å². The van der Waals surface area contributed by atoms with Gasteiger partial charge in [0.15, 0.2) is 0 Å². The highest BCUT2D eigenvalue weighted by atomic mass is 19.4. The number of ether oxygens (including phenoxy) is 1. The molecule has 8 heteroatoms. The summed E-state index contributed by atoms with van der Waals surface area (Å²) in [6, 6.07) is 2.59. The Morgan fingerprint density at radius 1 is 1.06 bits per heavy atom. The Morgan fingerprint density at radius 2 is 1.74 bits per heavy atom. The summed E-state index contributed by atoms with van der Waals surface area (Å²) < 4.78 is 45.9. The number of hydrogen-bond acceptors (Lipinski definition) is 5. The molecule has 4 rings (SSSR count). The minimum atomic E-state index is -4.50. The van der Waals surface area contributed by atoms with Gasteiger partial charge >= 0.3 is 12.1 Å². The zero-order valence-corrected chi connectivity index (χ0v) is 18.1. The van der Waals surface area contributed by atoms with Crippen LogP contribution in [0.2, 0.25) is 0 Å². The maximum atomic E-state index is 13.5. The molecule has 5 nitrogen and oxygen atoms in total. The third kappa shape index (κ3) is 5.10. The average molecular weight is 435 g/mol. The fourth-order valence-electron chi connectivity index (χ4n) is 4.65. The van der Waals surface area contributed by atoms with Crippen molar-refractivity contribution in [3.63, 3.8) is 0 Å². The highest BCUT2D eigenvalue weighted by Gasteiger charge is 2.40. The number of carbonyl (C=O) groups is 1. The molecule has 1 aliphatic carbocycles. The third-order valence-corrected chi connectivity index (χ3v) is 5.98. The van der Waals surface area contributed by atoms with Crippen LogP contribution in [-0.2, 0) is 15.7 Å². The maximum absolute atomic E-state index is 13.5. The summed E-state index contributed by atoms with van der Waals surface area (Å²) in [7, 11) is 0. The van der Waals surface area contributed by atoms with Gasteiger partial charge in [-0.1, -0.05) is 0 Å². The first-order valence-corrected chi connectivity index (χ1v) is 10.8. The van der Waals surface area contributed by atoms with Gasteiger partial charge < -0.3 is 9.64 Å². The molecule has 0 radical (unpaired) electrons. The van der Waals surface area contributed by atoms with Crippen LogP contribution in [0.15, 0.2) is 24.5 Å². The van der Waals surface area contributed by atoms with E-state index in [0.29, 0.717) is 30.5 Å². The highest BCUT2D eigenvalue weighted by molar-refractivity contribution is 5.90. The second-order valence-electron chi connectivity index (χ2n) is 9.78. The molecule has 2 fully saturated rings. The number of benzene rings is 1. The SMILES string of the molecule is CC(C)(C)OC(=O)CC1CC(C2CC2)CN(c2ccc(C(F)(F)F)c3nccnc23)C1. The van der Waals surface area contributed by atoms with Gasteiger partial charge in [0, 0.05) is 25.5 Å². The van der Waals surface area contributed by atoms with E-state index >= 15 is 0 Å². The summed E-state index contributed by atoms with van der Waals surface area (Å²) >= 11 is 0. The molecule has 1 aliphatic heterocycles. The molecule has 2 atom stereocenters. The van der Waals surface area contributed by atoms with E-state index in [0.717, 1.165) is 19.0 Å². The van der Waals surface area contributed by atoms with Crippen molar-refractivity contribution in [1.29, 1.82) is 0 Å². The van der Waals surface area contributed by atoms with E-state index in [4.69, 9.17) is 4.74 Å². The number of hydrogen-bond donors (Lipinski definition) is 0. The fraction of sp³-hybridized carbons (Fsp3) is 0.609. The van der Waals surface area contributed by atoms with Gasteiger partial charge in [-0.3, -0.25) is 14.8 Å². The lowest BCUT2D eigenvalue weighted by atomic mass is 9.84. The monoisotopic (exact) mass is 435 g/mol. The van der Waals surface area contributed by atoms with E-state index in [-0.39, 0.29) is 22.9 Å². The molecule has 2 aromatic rings. The van der Waals surface area contributed by atoms with Crippen molar-refractivity contribution in [3.8, 4) is 0 Å². The van der Waals surface area contributed by atoms with Crippen LogP contribution in [0.1, 0.15) is 52.0 Å². The van der Waals surface area contributed by atoms with Crippen LogP contribution in [0.3, 0.4) is 0 Å². The Bertz CT molecular complexity index is 967. The van der Waals surface area contributed by atoms with Crippen molar-refractivity contribution in [2.45, 2.75) is 58.2 Å². The molecule has 168 valence electrons. The fourth-order valence-corrected chi connectivity index (χ4v) is 4.65. The summed E-state index contributed by atoms with van der Waals surface area (Å²) in [5.74, 6) is 0.889. The molecular formula is C23H28F3N3O2. The zero-order chi connectivity index (χ0) is 22.4. The van der Waals surface area contributed by atoms with E-state index < -0.39 is 17.3 Å². The first-order valence-electron chi connectivity index (χ1n) is 10.8. The van der Waals surface area contributed by atoms with Crippen LogP contribution in [0.4, 0.5) is 18.9 Å². The number of carbonyl (C=O) groups excluding carboxylic acids is 1. The van der Waals surface area contributed by atoms with Gasteiger partial charge in [0.25, 0.3) is 0 Å². The van der Waals surface area contributed by atoms with Gasteiger partial charge in [-0.05, 0) is 69.9 Å². The summed E-state index contributed by atoms with van der Waals surface area (Å²) in [4.78, 5) is 22.8. The Hall–Kier alpha value is -2.38. The van der Waals surface area contributed by atoms with Gasteiger partial charge in [-0.25, -0.2) is 0 Å². The highest BCUT2D eigenvalue weighted by Crippen LogP contribution is 2.45. The van der Waals surface area contributed by atoms with Gasteiger partial charge in [0.2, 0.25) is 0 Å². The normalized spacial score (nSPS) is 22.6. The summed E-state index contributed by atoms with van der Waals surface area (Å²) in [6.45, 7) is 6.88. The van der Waals surface area contributed by atoms with Crippen molar-refractivity contribution in [1.82, 2.24) is 9.97 Å². The number of nitrogens with zero attached hydrogens (tertiary/aromatic N) is 3. The molecule has 31 heavy (non-hydrogen) atoms. The molecule has 2 aliphatic rings. The largest absolute Gasteiger partial charge is 0.460 e. The number of halogens is 3. The summed E-state index contributed by atoms with van der Waals surface area (Å²) in [6.07, 6.45) is 1.80. The predicted molar refractivity (Wildman–Crippen MR) is 112 cm³/mol. The Kier molecular flexibility index (Phi) is 5.60. The molecule has 0 amide bonds. The van der Waals surface area contributed by atoms with Crippen LogP contribution in [-0.4, -0.2) is 34.6 Å². The van der Waals surface area contributed by atoms with Crippen LogP contribution in [0, 0.1) is 17.8 Å². The molecule has 1 aromatic heterocycles. The first-order chi connectivity index (χ1) is 14.5. The number of rotatable bonds is 4. The number of anilines is 1. The van der Waals surface area contributed by atoms with Gasteiger partial charge in [-0.15, -0.1) is 0 Å². The molecule has 0 bridgehead atoms. The summed E-state index contributed by atoms with van der Waals surface area (Å²) in [5, 5.41) is 0. The number of aromatic nitrogens is 2. The lowest BCUT2D eigenvalue weighted by Crippen LogP contribution is -2.42. The van der Waals surface area contributed by atoms with Crippen molar-refractivity contribution >= 4 is 22.7 Å². The number of piperidine rings is 1. The molecule has 1 saturated carbocycles. The van der Waals surface area contributed by atoms with E-state index in [1.165, 1.54) is 31.3 Å². The maximum Gasteiger partial charge on any atom is 0.418 e. The first kappa shape index (κ1) is 21.8. The quantitative estimate of drug-likeness (QED) is 0.616. The number of esters is 1. The van der Waals surface area contributed by atoms with E-state index in [9.17, 15) is 18.0 Å². The van der Waals surface area contributed by atoms with Crippen LogP contribution < -0.4 is 4.90 Å². The van der Waals surface area contributed by atoms with Gasteiger partial charge in [-0.2, -0.15) is 13.2 Å². The van der Waals surface area contributed by atoms with E-state index in [2.05, 4.69) is 14.9 Å². The molecule has 2 unspecified atom stereocenters. The lowest BCUT2D eigenvalue weighted by molar-refractivity contribution is -0.156. The number of fused-ring (bicyclic) bond motifs is 1. The minimum absolute atomic E-state index is 0.0863. The second kappa shape index (κ2) is 7.95. The Morgan fingerprint density at radius 3 is 2.35 bits per heavy atom. The Labute approximate surface area is 180 Å². The average Bonchev–Trinajstić information content (AvgIpc) is 3.49. The lowest BCUT2D eigenvalue weighted by Gasteiger charge is -2.39. The van der Waals surface area contributed by atoms with Crippen molar-refractivity contribution < 1.29 is 22.7 Å². The van der Waals surface area contributed by atoms with Gasteiger partial charge in [0.05, 0.1) is 17.7 Å². The summed E-state index contributed by atoms with van der Waals surface area (Å²) in [5.41, 5.74) is -0.550. The standard InChI is InChI=1S/C23H28F3N3O2/c1-22(2,3)31-19(30)11-14-10-16(15-4-5-15)13-29(12-14)18-7-6-17(23(24,25)26)20-21(18)28-9-8-27-20/h6-9,14-16H,4-5,10-13H2,1-3H3. The molecule has 0 N–H and O–H groups in total. The second-order valence-corrected chi connectivity index (χ2v) is 9.78. The predicted octanol–water partition coefficient (Wildman–Crippen LogP) is 5.23. The van der Waals surface area contributed by atoms with Crippen molar-refractivity contribution in [2.75, 3.05) is 18.0 Å². The minimum Gasteiger partial charge on any atom is -0.460 e. The molecular weight excluding hydrogens is 407 g/mol. The van der Waals surface area contributed by atoms with Gasteiger partial charge in [0.1, 0.15) is 16.6 Å². The molecule has 2 heterocycles. The Balaban J connectivity index is 1.63. The molecule has 0 spiro atoms.